The Morgan fingerprint density at radius 1 is 0.836 bits per heavy atom. The van der Waals surface area contributed by atoms with Crippen molar-refractivity contribution < 1.29 is 32.7 Å². The third-order valence-electron chi connectivity index (χ3n) is 9.22. The first-order valence-electron chi connectivity index (χ1n) is 21.5. The van der Waals surface area contributed by atoms with Crippen LogP contribution in [0.25, 0.3) is 55.7 Å². The average molecular weight is 928 g/mol. The number of hydrogen-bond donors (Lipinski definition) is 0. The van der Waals surface area contributed by atoms with E-state index in [1.807, 2.05) is 87.6 Å². The summed E-state index contributed by atoms with van der Waals surface area (Å²) in [6.45, 7) is 20.5. The van der Waals surface area contributed by atoms with Crippen molar-refractivity contribution in [3.63, 3.8) is 0 Å². The topological polar surface area (TPSA) is 51.8 Å². The summed E-state index contributed by atoms with van der Waals surface area (Å²) in [6, 6.07) is 33.3. The van der Waals surface area contributed by atoms with Crippen LogP contribution in [0.1, 0.15) is 91.9 Å². The largest absolute Gasteiger partial charge is 0.486 e. The van der Waals surface area contributed by atoms with Crippen LogP contribution >= 0.6 is 0 Å². The molecule has 3 aromatic carbocycles. The molecule has 55 heavy (non-hydrogen) atoms. The number of nitrogens with zero attached hydrogens (tertiary/aromatic N) is 3. The first-order chi connectivity index (χ1) is 27.7. The number of fused-ring (bicyclic) bond motifs is 3. The summed E-state index contributed by atoms with van der Waals surface area (Å²) in [5.41, 5.74) is 7.71. The zero-order valence-corrected chi connectivity index (χ0v) is 37.2. The van der Waals surface area contributed by atoms with Crippen LogP contribution in [-0.2, 0) is 31.9 Å². The van der Waals surface area contributed by atoms with Crippen LogP contribution in [0.4, 0.5) is 0 Å². The fourth-order valence-electron chi connectivity index (χ4n) is 6.33. The number of aromatic nitrogens is 3. The van der Waals surface area contributed by atoms with E-state index in [1.165, 1.54) is 11.8 Å². The summed E-state index contributed by atoms with van der Waals surface area (Å²) in [5.74, 6) is -0.848. The monoisotopic (exact) mass is 928 g/mol. The molecular weight excluding hydrogens is 867 g/mol. The fraction of sp³-hybridized carbons (Fsp3) is 0.327. The van der Waals surface area contributed by atoms with Gasteiger partial charge in [0, 0.05) is 51.8 Å². The second kappa shape index (κ2) is 16.5. The van der Waals surface area contributed by atoms with Crippen molar-refractivity contribution in [3.05, 3.63) is 132 Å². The van der Waals surface area contributed by atoms with Crippen LogP contribution in [-0.4, -0.2) is 23.0 Å². The van der Waals surface area contributed by atoms with E-state index in [4.69, 9.17) is 17.6 Å². The predicted octanol–water partition coefficient (Wildman–Crippen LogP) is 12.9. The van der Waals surface area contributed by atoms with E-state index in [2.05, 4.69) is 74.6 Å². The Balaban J connectivity index is 0.000000232. The molecule has 0 unspecified atom stereocenters. The Bertz CT molecular complexity index is 2670. The molecule has 0 bridgehead atoms. The van der Waals surface area contributed by atoms with Crippen molar-refractivity contribution in [1.82, 2.24) is 15.0 Å². The normalized spacial score (nSPS) is 14.4. The third kappa shape index (κ3) is 9.78. The summed E-state index contributed by atoms with van der Waals surface area (Å²) in [6.07, 6.45) is 1.89. The quantitative estimate of drug-likeness (QED) is 0.123. The summed E-state index contributed by atoms with van der Waals surface area (Å²) < 4.78 is 56.1. The maximum absolute atomic E-state index is 8.89. The van der Waals surface area contributed by atoms with Crippen molar-refractivity contribution in [3.8, 4) is 33.6 Å². The Labute approximate surface area is 352 Å². The molecule has 0 atom stereocenters. The Morgan fingerprint density at radius 3 is 2.20 bits per heavy atom. The van der Waals surface area contributed by atoms with Crippen molar-refractivity contribution in [2.45, 2.75) is 99.6 Å². The molecule has 6 heteroatoms. The average Bonchev–Trinajstić information content (AvgIpc) is 3.55. The van der Waals surface area contributed by atoms with Crippen molar-refractivity contribution in [1.29, 1.82) is 0 Å². The number of pyridine rings is 3. The number of rotatable bonds is 6. The number of benzene rings is 3. The molecule has 0 amide bonds. The Kier molecular flexibility index (Phi) is 10.2. The van der Waals surface area contributed by atoms with Gasteiger partial charge in [0.25, 0.3) is 0 Å². The standard InChI is InChI=1S/C26H21N2O.C23H34NSi.Ir/c1-16(2)23-13-12-20-19-10-7-11-21(25(19)29-26(20)28-23)24-14-22(17(3)15-27-24)18-8-5-4-6-9-18;1-22(2,3)15-18-14-20(24-16-21(18)25(7,8)9)17-11-10-12-19(13-17)23(4,5)6;/h4-10,12-16H,1-3H3;10,12-14,16H,15H2,1-9H3;/q2*-1;/i3D3,16D;15D2;. The van der Waals surface area contributed by atoms with E-state index < -0.39 is 32.6 Å². The fourth-order valence-corrected chi connectivity index (χ4v) is 7.72. The van der Waals surface area contributed by atoms with Gasteiger partial charge < -0.3 is 14.4 Å². The SMILES string of the molecule is [2H]C([2H])([2H])c1cnc(-c2[c-]ccc3c2oc2nc(C([2H])(C)C)ccc23)cc1-c1ccccc1.[2H]C([2H])(c1cc(-c2[c-]ccc(C(C)(C)C)c2)ncc1[Si](C)(C)C)C(C)(C)C.[Ir]. The van der Waals surface area contributed by atoms with Crippen molar-refractivity contribution in [2.75, 3.05) is 0 Å². The molecule has 0 aliphatic heterocycles. The van der Waals surface area contributed by atoms with E-state index in [0.717, 1.165) is 38.3 Å². The molecule has 0 aliphatic carbocycles. The summed E-state index contributed by atoms with van der Waals surface area (Å²) in [5, 5.41) is 2.80. The van der Waals surface area contributed by atoms with Crippen molar-refractivity contribution in [2.24, 2.45) is 5.41 Å². The minimum Gasteiger partial charge on any atom is -0.486 e. The zero-order valence-electron chi connectivity index (χ0n) is 39.8. The smallest absolute Gasteiger partial charge is 0.216 e. The molecule has 0 N–H and O–H groups in total. The van der Waals surface area contributed by atoms with E-state index >= 15 is 0 Å². The molecule has 0 saturated carbocycles. The number of hydrogen-bond acceptors (Lipinski definition) is 4. The molecule has 0 aliphatic rings. The van der Waals surface area contributed by atoms with Gasteiger partial charge in [-0.1, -0.05) is 134 Å². The minimum absolute atomic E-state index is 0. The van der Waals surface area contributed by atoms with Crippen LogP contribution in [0.5, 0.6) is 0 Å². The molecule has 4 aromatic heterocycles. The first-order valence-corrected chi connectivity index (χ1v) is 22.0. The summed E-state index contributed by atoms with van der Waals surface area (Å²) in [7, 11) is -1.74. The van der Waals surface area contributed by atoms with Gasteiger partial charge >= 0.3 is 0 Å². The van der Waals surface area contributed by atoms with Gasteiger partial charge in [-0.25, -0.2) is 4.98 Å². The maximum atomic E-state index is 8.89. The molecule has 0 fully saturated rings. The predicted molar refractivity (Wildman–Crippen MR) is 231 cm³/mol. The van der Waals surface area contributed by atoms with Gasteiger partial charge in [0.15, 0.2) is 0 Å². The van der Waals surface area contributed by atoms with Crippen LogP contribution < -0.4 is 5.19 Å². The second-order valence-electron chi connectivity index (χ2n) is 17.2. The van der Waals surface area contributed by atoms with Crippen LogP contribution in [0.2, 0.25) is 19.6 Å². The van der Waals surface area contributed by atoms with Crippen LogP contribution in [0.3, 0.4) is 0 Å². The molecular formula is C49H55IrN3OSi-2. The summed E-state index contributed by atoms with van der Waals surface area (Å²) >= 11 is 0. The molecule has 7 rings (SSSR count). The maximum Gasteiger partial charge on any atom is 0.216 e. The Hall–Kier alpha value is -4.22. The molecule has 1 radical (unpaired) electrons. The first kappa shape index (κ1) is 34.1. The van der Waals surface area contributed by atoms with Gasteiger partial charge in [-0.2, -0.15) is 0 Å². The van der Waals surface area contributed by atoms with E-state index in [-0.39, 0.29) is 31.1 Å². The van der Waals surface area contributed by atoms with Gasteiger partial charge in [-0.15, -0.1) is 53.6 Å². The number of aryl methyl sites for hydroxylation is 1. The van der Waals surface area contributed by atoms with Gasteiger partial charge in [0.2, 0.25) is 5.71 Å². The van der Waals surface area contributed by atoms with Gasteiger partial charge in [-0.3, -0.25) is 0 Å². The van der Waals surface area contributed by atoms with Gasteiger partial charge in [0.05, 0.1) is 13.7 Å². The van der Waals surface area contributed by atoms with Gasteiger partial charge in [-0.05, 0) is 75.3 Å². The van der Waals surface area contributed by atoms with Crippen LogP contribution in [0.15, 0.2) is 102 Å². The molecule has 287 valence electrons. The van der Waals surface area contributed by atoms with Crippen molar-refractivity contribution >= 4 is 35.3 Å². The number of furan rings is 1. The Morgan fingerprint density at radius 2 is 1.55 bits per heavy atom. The third-order valence-corrected chi connectivity index (χ3v) is 11.2. The molecule has 0 saturated heterocycles. The van der Waals surface area contributed by atoms with E-state index in [9.17, 15) is 0 Å². The molecule has 7 aromatic rings. The molecule has 4 heterocycles. The second-order valence-corrected chi connectivity index (χ2v) is 22.2. The zero-order chi connectivity index (χ0) is 44.2. The summed E-state index contributed by atoms with van der Waals surface area (Å²) in [4.78, 5) is 13.8. The van der Waals surface area contributed by atoms with E-state index in [0.29, 0.717) is 33.8 Å². The van der Waals surface area contributed by atoms with E-state index in [1.54, 1.807) is 26.0 Å². The van der Waals surface area contributed by atoms with Gasteiger partial charge in [0.1, 0.15) is 0 Å². The minimum atomic E-state index is -2.30. The molecule has 0 spiro atoms. The molecule has 4 nitrogen and oxygen atoms in total. The van der Waals surface area contributed by atoms with Crippen LogP contribution in [0, 0.1) is 24.4 Å².